The van der Waals surface area contributed by atoms with Gasteiger partial charge >= 0.3 is 0 Å². The third-order valence-electron chi connectivity index (χ3n) is 3.86. The molecule has 6 heteroatoms. The Hall–Kier alpha value is -2.73. The van der Waals surface area contributed by atoms with Crippen LogP contribution >= 0.6 is 0 Å². The molecule has 0 aliphatic carbocycles. The predicted octanol–water partition coefficient (Wildman–Crippen LogP) is 2.24. The Morgan fingerprint density at radius 1 is 1.04 bits per heavy atom. The topological polar surface area (TPSA) is 80.3 Å². The molecule has 2 amide bonds. The van der Waals surface area contributed by atoms with Crippen molar-refractivity contribution in [2.45, 2.75) is 18.9 Å². The molecule has 1 saturated heterocycles. The molecule has 2 aromatic rings. The molecule has 0 unspecified atom stereocenters. The highest BCUT2D eigenvalue weighted by molar-refractivity contribution is 6.04. The van der Waals surface area contributed by atoms with E-state index in [0.29, 0.717) is 23.4 Å². The minimum atomic E-state index is -0.215. The number of rotatable bonds is 5. The number of amides is 2. The Bertz CT molecular complexity index is 695. The Kier molecular flexibility index (Phi) is 5.18. The van der Waals surface area contributed by atoms with E-state index in [1.165, 1.54) is 0 Å². The number of aromatic nitrogens is 1. The lowest BCUT2D eigenvalue weighted by atomic mass is 10.1. The molecule has 1 aliphatic heterocycles. The van der Waals surface area contributed by atoms with Gasteiger partial charge in [-0.1, -0.05) is 0 Å². The molecular weight excluding hydrogens is 306 g/mol. The minimum Gasteiger partial charge on any atom is -0.376 e. The van der Waals surface area contributed by atoms with Crippen LogP contribution < -0.4 is 10.6 Å². The lowest BCUT2D eigenvalue weighted by Gasteiger charge is -2.11. The van der Waals surface area contributed by atoms with Crippen molar-refractivity contribution in [1.29, 1.82) is 0 Å². The van der Waals surface area contributed by atoms with E-state index in [1.54, 1.807) is 48.8 Å². The number of anilines is 1. The number of nitrogens with zero attached hydrogens (tertiary/aromatic N) is 1. The van der Waals surface area contributed by atoms with E-state index in [4.69, 9.17) is 4.74 Å². The molecule has 6 nitrogen and oxygen atoms in total. The van der Waals surface area contributed by atoms with Gasteiger partial charge in [0.1, 0.15) is 0 Å². The van der Waals surface area contributed by atoms with Crippen LogP contribution in [0.5, 0.6) is 0 Å². The molecule has 24 heavy (non-hydrogen) atoms. The van der Waals surface area contributed by atoms with Crippen molar-refractivity contribution in [1.82, 2.24) is 10.3 Å². The second-order valence-corrected chi connectivity index (χ2v) is 5.61. The average molecular weight is 325 g/mol. The van der Waals surface area contributed by atoms with Crippen LogP contribution in [0.25, 0.3) is 0 Å². The fourth-order valence-electron chi connectivity index (χ4n) is 2.53. The molecule has 0 bridgehead atoms. The smallest absolute Gasteiger partial charge is 0.255 e. The van der Waals surface area contributed by atoms with E-state index in [9.17, 15) is 9.59 Å². The van der Waals surface area contributed by atoms with E-state index in [-0.39, 0.29) is 17.9 Å². The van der Waals surface area contributed by atoms with Gasteiger partial charge in [0.15, 0.2) is 0 Å². The third kappa shape index (κ3) is 4.17. The first-order chi connectivity index (χ1) is 11.7. The highest BCUT2D eigenvalue weighted by Gasteiger charge is 2.16. The van der Waals surface area contributed by atoms with Gasteiger partial charge in [-0.05, 0) is 49.2 Å². The summed E-state index contributed by atoms with van der Waals surface area (Å²) in [4.78, 5) is 28.0. The Morgan fingerprint density at radius 2 is 1.75 bits per heavy atom. The summed E-state index contributed by atoms with van der Waals surface area (Å²) in [6.07, 6.45) is 5.28. The van der Waals surface area contributed by atoms with Gasteiger partial charge in [-0.2, -0.15) is 0 Å². The molecule has 0 saturated carbocycles. The van der Waals surface area contributed by atoms with Crippen LogP contribution in [0.15, 0.2) is 48.8 Å². The lowest BCUT2D eigenvalue weighted by molar-refractivity contribution is 0.0857. The predicted molar refractivity (Wildman–Crippen MR) is 89.9 cm³/mol. The first-order valence-corrected chi connectivity index (χ1v) is 7.93. The number of benzene rings is 1. The number of carbonyl (C=O) groups is 2. The van der Waals surface area contributed by atoms with E-state index < -0.39 is 0 Å². The second kappa shape index (κ2) is 7.70. The summed E-state index contributed by atoms with van der Waals surface area (Å²) in [5.74, 6) is -0.356. The Labute approximate surface area is 140 Å². The zero-order valence-corrected chi connectivity index (χ0v) is 13.2. The van der Waals surface area contributed by atoms with Crippen LogP contribution in [0.4, 0.5) is 5.69 Å². The average Bonchev–Trinajstić information content (AvgIpc) is 3.14. The molecule has 124 valence electrons. The van der Waals surface area contributed by atoms with Gasteiger partial charge in [-0.15, -0.1) is 0 Å². The van der Waals surface area contributed by atoms with Crippen LogP contribution in [0, 0.1) is 0 Å². The number of ether oxygens (including phenoxy) is 1. The number of pyridine rings is 1. The molecule has 1 aliphatic rings. The second-order valence-electron chi connectivity index (χ2n) is 5.61. The molecule has 1 atom stereocenters. The van der Waals surface area contributed by atoms with Gasteiger partial charge in [0, 0.05) is 42.4 Å². The maximum atomic E-state index is 12.1. The fraction of sp³-hybridized carbons (Fsp3) is 0.278. The summed E-state index contributed by atoms with van der Waals surface area (Å²) < 4.78 is 5.48. The molecule has 0 spiro atoms. The zero-order chi connectivity index (χ0) is 16.8. The fourth-order valence-corrected chi connectivity index (χ4v) is 2.53. The van der Waals surface area contributed by atoms with Gasteiger partial charge in [-0.25, -0.2) is 0 Å². The monoisotopic (exact) mass is 325 g/mol. The molecule has 1 fully saturated rings. The Morgan fingerprint density at radius 3 is 2.42 bits per heavy atom. The number of hydrogen-bond acceptors (Lipinski definition) is 4. The summed E-state index contributed by atoms with van der Waals surface area (Å²) >= 11 is 0. The van der Waals surface area contributed by atoms with Crippen molar-refractivity contribution in [2.75, 3.05) is 18.5 Å². The van der Waals surface area contributed by atoms with Crippen LogP contribution in [0.1, 0.15) is 33.6 Å². The summed E-state index contributed by atoms with van der Waals surface area (Å²) in [7, 11) is 0. The van der Waals surface area contributed by atoms with Crippen molar-refractivity contribution < 1.29 is 14.3 Å². The first kappa shape index (κ1) is 16.1. The van der Waals surface area contributed by atoms with E-state index in [0.717, 1.165) is 19.4 Å². The van der Waals surface area contributed by atoms with Gasteiger partial charge < -0.3 is 15.4 Å². The summed E-state index contributed by atoms with van der Waals surface area (Å²) in [6, 6.07) is 10.1. The van der Waals surface area contributed by atoms with Crippen LogP contribution in [-0.4, -0.2) is 36.1 Å². The quantitative estimate of drug-likeness (QED) is 0.883. The minimum absolute atomic E-state index is 0.118. The van der Waals surface area contributed by atoms with E-state index in [1.807, 2.05) is 0 Å². The van der Waals surface area contributed by atoms with Gasteiger partial charge in [0.25, 0.3) is 11.8 Å². The molecule has 3 rings (SSSR count). The van der Waals surface area contributed by atoms with Crippen LogP contribution in [0.3, 0.4) is 0 Å². The molecule has 1 aromatic heterocycles. The third-order valence-corrected chi connectivity index (χ3v) is 3.86. The van der Waals surface area contributed by atoms with Crippen molar-refractivity contribution in [2.24, 2.45) is 0 Å². The molecule has 0 radical (unpaired) electrons. The number of hydrogen-bond donors (Lipinski definition) is 2. The van der Waals surface area contributed by atoms with Gasteiger partial charge in [0.2, 0.25) is 0 Å². The Balaban J connectivity index is 1.54. The molecule has 2 N–H and O–H groups in total. The summed E-state index contributed by atoms with van der Waals surface area (Å²) in [5.41, 5.74) is 1.71. The van der Waals surface area contributed by atoms with Crippen molar-refractivity contribution in [3.8, 4) is 0 Å². The highest BCUT2D eigenvalue weighted by atomic mass is 16.5. The van der Waals surface area contributed by atoms with E-state index in [2.05, 4.69) is 15.6 Å². The zero-order valence-electron chi connectivity index (χ0n) is 13.2. The van der Waals surface area contributed by atoms with Gasteiger partial charge in [0.05, 0.1) is 6.10 Å². The van der Waals surface area contributed by atoms with E-state index >= 15 is 0 Å². The van der Waals surface area contributed by atoms with Crippen molar-refractivity contribution in [3.63, 3.8) is 0 Å². The standard InChI is InChI=1S/C18H19N3O3/c22-17(20-12-16-2-1-11-24-16)13-3-5-15(6-4-13)21-18(23)14-7-9-19-10-8-14/h3-10,16H,1-2,11-12H2,(H,20,22)(H,21,23)/t16-/m0/s1. The number of carbonyl (C=O) groups excluding carboxylic acids is 2. The first-order valence-electron chi connectivity index (χ1n) is 7.93. The highest BCUT2D eigenvalue weighted by Crippen LogP contribution is 2.13. The van der Waals surface area contributed by atoms with Crippen LogP contribution in [0.2, 0.25) is 0 Å². The van der Waals surface area contributed by atoms with Crippen molar-refractivity contribution >= 4 is 17.5 Å². The summed E-state index contributed by atoms with van der Waals surface area (Å²) in [5, 5.41) is 5.65. The summed E-state index contributed by atoms with van der Waals surface area (Å²) in [6.45, 7) is 1.30. The maximum Gasteiger partial charge on any atom is 0.255 e. The van der Waals surface area contributed by atoms with Gasteiger partial charge in [-0.3, -0.25) is 14.6 Å². The largest absolute Gasteiger partial charge is 0.376 e. The molecule has 2 heterocycles. The van der Waals surface area contributed by atoms with Crippen LogP contribution in [-0.2, 0) is 4.74 Å². The molecular formula is C18H19N3O3. The molecule has 1 aromatic carbocycles. The lowest BCUT2D eigenvalue weighted by Crippen LogP contribution is -2.31. The number of nitrogens with one attached hydrogen (secondary N) is 2. The normalized spacial score (nSPS) is 16.6. The SMILES string of the molecule is O=C(NC[C@@H]1CCCO1)c1ccc(NC(=O)c2ccncc2)cc1. The maximum absolute atomic E-state index is 12.1. The van der Waals surface area contributed by atoms with Crippen molar-refractivity contribution in [3.05, 3.63) is 59.9 Å².